The van der Waals surface area contributed by atoms with E-state index in [1.165, 1.54) is 24.9 Å². The lowest BCUT2D eigenvalue weighted by molar-refractivity contribution is 0.242. The van der Waals surface area contributed by atoms with E-state index in [4.69, 9.17) is 4.74 Å². The third kappa shape index (κ3) is 3.89. The van der Waals surface area contributed by atoms with Crippen LogP contribution in [0.1, 0.15) is 47.0 Å². The molecule has 0 aliphatic heterocycles. The molecule has 0 heterocycles. The van der Waals surface area contributed by atoms with Crippen LogP contribution >= 0.6 is 0 Å². The van der Waals surface area contributed by atoms with Gasteiger partial charge in [0, 0.05) is 11.7 Å². The average molecular weight is 261 g/mol. The van der Waals surface area contributed by atoms with Crippen molar-refractivity contribution in [3.63, 3.8) is 0 Å². The minimum atomic E-state index is 0.234. The lowest BCUT2D eigenvalue weighted by Gasteiger charge is -2.35. The molecular formula is C17H27NO. The topological polar surface area (TPSA) is 21.3 Å². The van der Waals surface area contributed by atoms with E-state index in [-0.39, 0.29) is 6.10 Å². The molecule has 1 fully saturated rings. The maximum atomic E-state index is 5.67. The summed E-state index contributed by atoms with van der Waals surface area (Å²) in [5.74, 6) is 2.53. The Bertz CT molecular complexity index is 385. The Morgan fingerprint density at radius 2 is 1.79 bits per heavy atom. The van der Waals surface area contributed by atoms with Crippen molar-refractivity contribution in [2.45, 2.75) is 59.1 Å². The standard InChI is InChI=1S/C17H27NO/c1-12(2)19-16-10-8-15(9-11-16)18-17-7-5-6-13(3)14(17)4/h8-14,17-18H,5-7H2,1-4H3. The largest absolute Gasteiger partial charge is 0.491 e. The third-order valence-corrected chi connectivity index (χ3v) is 4.29. The number of benzene rings is 1. The quantitative estimate of drug-likeness (QED) is 0.847. The highest BCUT2D eigenvalue weighted by atomic mass is 16.5. The van der Waals surface area contributed by atoms with E-state index in [0.717, 1.165) is 17.6 Å². The Morgan fingerprint density at radius 3 is 2.42 bits per heavy atom. The monoisotopic (exact) mass is 261 g/mol. The summed E-state index contributed by atoms with van der Waals surface area (Å²) in [6, 6.07) is 8.98. The molecule has 1 aromatic rings. The van der Waals surface area contributed by atoms with Gasteiger partial charge in [0.1, 0.15) is 5.75 Å². The van der Waals surface area contributed by atoms with Crippen LogP contribution in [-0.4, -0.2) is 12.1 Å². The average Bonchev–Trinajstić information content (AvgIpc) is 2.37. The van der Waals surface area contributed by atoms with Crippen LogP contribution in [0.15, 0.2) is 24.3 Å². The number of ether oxygens (including phenoxy) is 1. The van der Waals surface area contributed by atoms with Crippen LogP contribution < -0.4 is 10.1 Å². The third-order valence-electron chi connectivity index (χ3n) is 4.29. The summed E-state index contributed by atoms with van der Waals surface area (Å²) >= 11 is 0. The Balaban J connectivity index is 1.95. The van der Waals surface area contributed by atoms with Gasteiger partial charge in [0.15, 0.2) is 0 Å². The van der Waals surface area contributed by atoms with Crippen LogP contribution in [0, 0.1) is 11.8 Å². The maximum Gasteiger partial charge on any atom is 0.119 e. The van der Waals surface area contributed by atoms with E-state index < -0.39 is 0 Å². The first-order valence-corrected chi connectivity index (χ1v) is 7.59. The SMILES string of the molecule is CC(C)Oc1ccc(NC2CCCC(C)C2C)cc1. The van der Waals surface area contributed by atoms with E-state index >= 15 is 0 Å². The molecule has 0 radical (unpaired) electrons. The second-order valence-electron chi connectivity index (χ2n) is 6.21. The van der Waals surface area contributed by atoms with Gasteiger partial charge >= 0.3 is 0 Å². The number of hydrogen-bond donors (Lipinski definition) is 1. The Labute approximate surface area is 117 Å². The number of nitrogens with one attached hydrogen (secondary N) is 1. The van der Waals surface area contributed by atoms with Gasteiger partial charge in [0.25, 0.3) is 0 Å². The molecule has 2 heteroatoms. The molecule has 2 rings (SSSR count). The van der Waals surface area contributed by atoms with Crippen molar-refractivity contribution < 1.29 is 4.74 Å². The molecule has 0 spiro atoms. The molecule has 3 unspecified atom stereocenters. The van der Waals surface area contributed by atoms with Crippen LogP contribution in [0.3, 0.4) is 0 Å². The fraction of sp³-hybridized carbons (Fsp3) is 0.647. The van der Waals surface area contributed by atoms with Crippen molar-refractivity contribution in [1.29, 1.82) is 0 Å². The molecule has 2 nitrogen and oxygen atoms in total. The van der Waals surface area contributed by atoms with Crippen molar-refractivity contribution >= 4 is 5.69 Å². The van der Waals surface area contributed by atoms with E-state index in [9.17, 15) is 0 Å². The summed E-state index contributed by atoms with van der Waals surface area (Å²) in [4.78, 5) is 0. The highest BCUT2D eigenvalue weighted by Gasteiger charge is 2.26. The van der Waals surface area contributed by atoms with Crippen molar-refractivity contribution in [3.8, 4) is 5.75 Å². The van der Waals surface area contributed by atoms with Crippen molar-refractivity contribution in [1.82, 2.24) is 0 Å². The lowest BCUT2D eigenvalue weighted by Crippen LogP contribution is -2.34. The smallest absolute Gasteiger partial charge is 0.119 e. The van der Waals surface area contributed by atoms with Gasteiger partial charge in [-0.2, -0.15) is 0 Å². The van der Waals surface area contributed by atoms with E-state index in [0.29, 0.717) is 6.04 Å². The van der Waals surface area contributed by atoms with Crippen LogP contribution in [0.4, 0.5) is 5.69 Å². The molecule has 1 N–H and O–H groups in total. The highest BCUT2D eigenvalue weighted by molar-refractivity contribution is 5.47. The molecule has 106 valence electrons. The van der Waals surface area contributed by atoms with E-state index in [2.05, 4.69) is 57.3 Å². The molecule has 0 aromatic heterocycles. The highest BCUT2D eigenvalue weighted by Crippen LogP contribution is 2.31. The van der Waals surface area contributed by atoms with Crippen molar-refractivity contribution in [3.05, 3.63) is 24.3 Å². The van der Waals surface area contributed by atoms with E-state index in [1.54, 1.807) is 0 Å². The van der Waals surface area contributed by atoms with Gasteiger partial charge in [-0.15, -0.1) is 0 Å². The Kier molecular flexibility index (Phi) is 4.73. The van der Waals surface area contributed by atoms with Gasteiger partial charge in [0.05, 0.1) is 6.10 Å². The summed E-state index contributed by atoms with van der Waals surface area (Å²) < 4.78 is 5.67. The summed E-state index contributed by atoms with van der Waals surface area (Å²) in [6.07, 6.45) is 4.24. The first-order chi connectivity index (χ1) is 9.06. The fourth-order valence-electron chi connectivity index (χ4n) is 2.90. The fourth-order valence-corrected chi connectivity index (χ4v) is 2.90. The predicted molar refractivity (Wildman–Crippen MR) is 81.8 cm³/mol. The number of anilines is 1. The minimum Gasteiger partial charge on any atom is -0.491 e. The molecule has 1 aliphatic carbocycles. The van der Waals surface area contributed by atoms with Gasteiger partial charge in [-0.1, -0.05) is 26.7 Å². The van der Waals surface area contributed by atoms with E-state index in [1.807, 2.05) is 0 Å². The normalized spacial score (nSPS) is 27.3. The molecule has 1 aromatic carbocycles. The Hall–Kier alpha value is -1.18. The Morgan fingerprint density at radius 1 is 1.11 bits per heavy atom. The second-order valence-corrected chi connectivity index (χ2v) is 6.21. The zero-order valence-electron chi connectivity index (χ0n) is 12.6. The minimum absolute atomic E-state index is 0.234. The van der Waals surface area contributed by atoms with Crippen LogP contribution in [-0.2, 0) is 0 Å². The molecule has 19 heavy (non-hydrogen) atoms. The van der Waals surface area contributed by atoms with Gasteiger partial charge in [0.2, 0.25) is 0 Å². The maximum absolute atomic E-state index is 5.67. The number of hydrogen-bond acceptors (Lipinski definition) is 2. The molecule has 0 saturated heterocycles. The van der Waals surface area contributed by atoms with Gasteiger partial charge in [-0.05, 0) is 56.4 Å². The second kappa shape index (κ2) is 6.31. The zero-order chi connectivity index (χ0) is 13.8. The predicted octanol–water partition coefficient (Wildman–Crippen LogP) is 4.71. The van der Waals surface area contributed by atoms with Crippen molar-refractivity contribution in [2.75, 3.05) is 5.32 Å². The molecule has 0 bridgehead atoms. The summed E-state index contributed by atoms with van der Waals surface area (Å²) in [5, 5.41) is 3.69. The molecule has 1 aliphatic rings. The van der Waals surface area contributed by atoms with Crippen LogP contribution in [0.25, 0.3) is 0 Å². The first-order valence-electron chi connectivity index (χ1n) is 7.59. The number of rotatable bonds is 4. The molecular weight excluding hydrogens is 234 g/mol. The van der Waals surface area contributed by atoms with Gasteiger partial charge in [-0.3, -0.25) is 0 Å². The lowest BCUT2D eigenvalue weighted by atomic mass is 9.78. The molecule has 0 amide bonds. The summed E-state index contributed by atoms with van der Waals surface area (Å²) in [6.45, 7) is 8.85. The zero-order valence-corrected chi connectivity index (χ0v) is 12.6. The molecule has 1 saturated carbocycles. The van der Waals surface area contributed by atoms with Crippen LogP contribution in [0.2, 0.25) is 0 Å². The molecule has 3 atom stereocenters. The van der Waals surface area contributed by atoms with Crippen LogP contribution in [0.5, 0.6) is 5.75 Å². The van der Waals surface area contributed by atoms with Gasteiger partial charge in [-0.25, -0.2) is 0 Å². The summed E-state index contributed by atoms with van der Waals surface area (Å²) in [7, 11) is 0. The first kappa shape index (κ1) is 14.2. The summed E-state index contributed by atoms with van der Waals surface area (Å²) in [5.41, 5.74) is 1.21. The van der Waals surface area contributed by atoms with Gasteiger partial charge < -0.3 is 10.1 Å². The van der Waals surface area contributed by atoms with Crippen molar-refractivity contribution in [2.24, 2.45) is 11.8 Å².